The molecule has 1 atom stereocenters. The highest BCUT2D eigenvalue weighted by atomic mass is 32.2. The van der Waals surface area contributed by atoms with E-state index in [0.717, 1.165) is 11.1 Å². The molecule has 3 aromatic rings. The van der Waals surface area contributed by atoms with Gasteiger partial charge in [0.25, 0.3) is 0 Å². The first kappa shape index (κ1) is 24.0. The third kappa shape index (κ3) is 5.16. The Morgan fingerprint density at radius 2 is 1.56 bits per heavy atom. The molecule has 1 heterocycles. The lowest BCUT2D eigenvalue weighted by molar-refractivity contribution is -0.135. The van der Waals surface area contributed by atoms with E-state index in [-0.39, 0.29) is 10.8 Å². The SMILES string of the molecule is COc1ccc(C)c(S(=O)(=O)N2CCCC2C(=O)N(Cc2ccccc2)Cc2ccccc2)c1. The molecule has 0 spiro atoms. The van der Waals surface area contributed by atoms with Crippen LogP contribution in [0.4, 0.5) is 0 Å². The summed E-state index contributed by atoms with van der Waals surface area (Å²) in [6.45, 7) is 2.91. The van der Waals surface area contributed by atoms with Crippen LogP contribution in [0.2, 0.25) is 0 Å². The van der Waals surface area contributed by atoms with Crippen molar-refractivity contribution < 1.29 is 17.9 Å². The van der Waals surface area contributed by atoms with Crippen molar-refractivity contribution in [2.24, 2.45) is 0 Å². The third-order valence-corrected chi connectivity index (χ3v) is 8.27. The summed E-state index contributed by atoms with van der Waals surface area (Å²) in [5, 5.41) is 0. The molecule has 1 unspecified atom stereocenters. The number of carbonyl (C=O) groups is 1. The molecule has 1 aliphatic heterocycles. The summed E-state index contributed by atoms with van der Waals surface area (Å²) < 4.78 is 34.0. The van der Waals surface area contributed by atoms with E-state index in [9.17, 15) is 13.2 Å². The van der Waals surface area contributed by atoms with Gasteiger partial charge in [0.05, 0.1) is 12.0 Å². The molecule has 1 aliphatic rings. The largest absolute Gasteiger partial charge is 0.497 e. The molecule has 0 bridgehead atoms. The van der Waals surface area contributed by atoms with Crippen molar-refractivity contribution in [3.05, 3.63) is 95.6 Å². The molecule has 7 heteroatoms. The quantitative estimate of drug-likeness (QED) is 0.482. The molecule has 4 rings (SSSR count). The van der Waals surface area contributed by atoms with Crippen LogP contribution in [0.15, 0.2) is 83.8 Å². The second-order valence-corrected chi connectivity index (χ2v) is 10.4. The second kappa shape index (κ2) is 10.4. The van der Waals surface area contributed by atoms with Crippen molar-refractivity contribution in [2.45, 2.75) is 43.8 Å². The number of ether oxygens (including phenoxy) is 1. The average molecular weight is 479 g/mol. The van der Waals surface area contributed by atoms with Crippen molar-refractivity contribution in [3.8, 4) is 5.75 Å². The molecular weight excluding hydrogens is 448 g/mol. The Kier molecular flexibility index (Phi) is 7.34. The number of hydrogen-bond donors (Lipinski definition) is 0. The van der Waals surface area contributed by atoms with E-state index < -0.39 is 16.1 Å². The molecule has 0 saturated carbocycles. The van der Waals surface area contributed by atoms with Gasteiger partial charge in [-0.15, -0.1) is 0 Å². The Morgan fingerprint density at radius 1 is 0.971 bits per heavy atom. The van der Waals surface area contributed by atoms with Crippen LogP contribution >= 0.6 is 0 Å². The highest BCUT2D eigenvalue weighted by molar-refractivity contribution is 7.89. The van der Waals surface area contributed by atoms with Gasteiger partial charge in [-0.05, 0) is 42.5 Å². The van der Waals surface area contributed by atoms with Crippen LogP contribution in [0, 0.1) is 6.92 Å². The summed E-state index contributed by atoms with van der Waals surface area (Å²) in [7, 11) is -2.36. The molecule has 0 aromatic heterocycles. The maximum Gasteiger partial charge on any atom is 0.244 e. The number of aryl methyl sites for hydroxylation is 1. The Hall–Kier alpha value is -3.16. The molecule has 1 amide bonds. The number of nitrogens with zero attached hydrogens (tertiary/aromatic N) is 2. The van der Waals surface area contributed by atoms with E-state index in [2.05, 4.69) is 0 Å². The first-order chi connectivity index (χ1) is 16.4. The molecule has 6 nitrogen and oxygen atoms in total. The summed E-state index contributed by atoms with van der Waals surface area (Å²) in [6, 6.07) is 23.8. The van der Waals surface area contributed by atoms with Crippen molar-refractivity contribution in [2.75, 3.05) is 13.7 Å². The van der Waals surface area contributed by atoms with Crippen LogP contribution in [0.1, 0.15) is 29.5 Å². The standard InChI is InChI=1S/C27H30N2O4S/c1-21-15-16-24(33-2)18-26(21)34(31,32)29-17-9-14-25(29)27(30)28(19-22-10-5-3-6-11-22)20-23-12-7-4-8-13-23/h3-8,10-13,15-16,18,25H,9,14,17,19-20H2,1-2H3. The maximum absolute atomic E-state index is 13.8. The molecule has 0 N–H and O–H groups in total. The van der Waals surface area contributed by atoms with E-state index in [4.69, 9.17) is 4.74 Å². The van der Waals surface area contributed by atoms with Gasteiger partial charge in [-0.25, -0.2) is 8.42 Å². The number of methoxy groups -OCH3 is 1. The van der Waals surface area contributed by atoms with Gasteiger partial charge in [-0.3, -0.25) is 4.79 Å². The van der Waals surface area contributed by atoms with Crippen LogP contribution in [-0.4, -0.2) is 43.2 Å². The Balaban J connectivity index is 1.65. The summed E-state index contributed by atoms with van der Waals surface area (Å²) in [5.74, 6) is 0.301. The highest BCUT2D eigenvalue weighted by Crippen LogP contribution is 2.31. The van der Waals surface area contributed by atoms with Crippen LogP contribution in [0.25, 0.3) is 0 Å². The van der Waals surface area contributed by atoms with Gasteiger partial charge in [-0.2, -0.15) is 4.31 Å². The minimum Gasteiger partial charge on any atom is -0.497 e. The van der Waals surface area contributed by atoms with E-state index >= 15 is 0 Å². The number of sulfonamides is 1. The average Bonchev–Trinajstić information content (AvgIpc) is 3.36. The van der Waals surface area contributed by atoms with Crippen molar-refractivity contribution >= 4 is 15.9 Å². The maximum atomic E-state index is 13.8. The molecule has 0 radical (unpaired) electrons. The summed E-state index contributed by atoms with van der Waals surface area (Å²) >= 11 is 0. The van der Waals surface area contributed by atoms with Gasteiger partial charge in [0.1, 0.15) is 11.8 Å². The first-order valence-electron chi connectivity index (χ1n) is 11.4. The van der Waals surface area contributed by atoms with Crippen LogP contribution in [-0.2, 0) is 27.9 Å². The molecule has 3 aromatic carbocycles. The zero-order valence-corrected chi connectivity index (χ0v) is 20.4. The van der Waals surface area contributed by atoms with Crippen molar-refractivity contribution in [3.63, 3.8) is 0 Å². The summed E-state index contributed by atoms with van der Waals surface area (Å²) in [4.78, 5) is 15.8. The Labute approximate surface area is 201 Å². The number of amides is 1. The number of carbonyl (C=O) groups excluding carboxylic acids is 1. The molecule has 34 heavy (non-hydrogen) atoms. The molecule has 0 aliphatic carbocycles. The topological polar surface area (TPSA) is 66.9 Å². The minimum atomic E-state index is -3.87. The molecule has 178 valence electrons. The summed E-state index contributed by atoms with van der Waals surface area (Å²) in [5.41, 5.74) is 2.63. The van der Waals surface area contributed by atoms with E-state index in [0.29, 0.717) is 43.8 Å². The smallest absolute Gasteiger partial charge is 0.244 e. The number of hydrogen-bond acceptors (Lipinski definition) is 4. The zero-order chi connectivity index (χ0) is 24.1. The zero-order valence-electron chi connectivity index (χ0n) is 19.6. The van der Waals surface area contributed by atoms with Crippen LogP contribution in [0.5, 0.6) is 5.75 Å². The number of benzene rings is 3. The minimum absolute atomic E-state index is 0.172. The fourth-order valence-corrected chi connectivity index (χ4v) is 6.31. The van der Waals surface area contributed by atoms with Gasteiger partial charge in [0, 0.05) is 25.7 Å². The molecular formula is C27H30N2O4S. The predicted molar refractivity (Wildman–Crippen MR) is 132 cm³/mol. The van der Waals surface area contributed by atoms with E-state index in [1.807, 2.05) is 60.7 Å². The Morgan fingerprint density at radius 3 is 2.12 bits per heavy atom. The predicted octanol–water partition coefficient (Wildman–Crippen LogP) is 4.39. The van der Waals surface area contributed by atoms with Crippen LogP contribution < -0.4 is 4.74 Å². The summed E-state index contributed by atoms with van der Waals surface area (Å²) in [6.07, 6.45) is 1.14. The number of rotatable bonds is 8. The van der Waals surface area contributed by atoms with E-state index in [1.54, 1.807) is 24.0 Å². The van der Waals surface area contributed by atoms with E-state index in [1.165, 1.54) is 17.5 Å². The van der Waals surface area contributed by atoms with Gasteiger partial charge in [0.2, 0.25) is 15.9 Å². The fraction of sp³-hybridized carbons (Fsp3) is 0.296. The second-order valence-electron chi connectivity index (χ2n) is 8.57. The molecule has 1 fully saturated rings. The molecule has 1 saturated heterocycles. The fourth-order valence-electron chi connectivity index (χ4n) is 4.42. The first-order valence-corrected chi connectivity index (χ1v) is 12.9. The normalized spacial score (nSPS) is 16.4. The highest BCUT2D eigenvalue weighted by Gasteiger charge is 2.41. The van der Waals surface area contributed by atoms with Gasteiger partial charge >= 0.3 is 0 Å². The lowest BCUT2D eigenvalue weighted by atomic mass is 10.1. The van der Waals surface area contributed by atoms with Crippen molar-refractivity contribution in [1.82, 2.24) is 9.21 Å². The monoisotopic (exact) mass is 478 g/mol. The van der Waals surface area contributed by atoms with Gasteiger partial charge in [-0.1, -0.05) is 66.7 Å². The van der Waals surface area contributed by atoms with Gasteiger partial charge in [0.15, 0.2) is 0 Å². The van der Waals surface area contributed by atoms with Gasteiger partial charge < -0.3 is 9.64 Å². The lowest BCUT2D eigenvalue weighted by Crippen LogP contribution is -2.47. The third-order valence-electron chi connectivity index (χ3n) is 6.21. The Bertz CT molecular complexity index is 1190. The lowest BCUT2D eigenvalue weighted by Gasteiger charge is -2.30. The van der Waals surface area contributed by atoms with Crippen LogP contribution in [0.3, 0.4) is 0 Å². The van der Waals surface area contributed by atoms with Crippen molar-refractivity contribution in [1.29, 1.82) is 0 Å².